The van der Waals surface area contributed by atoms with E-state index in [0.29, 0.717) is 17.0 Å². The Bertz CT molecular complexity index is 744. The molecule has 146 valence electrons. The number of hydrogen-bond acceptors (Lipinski definition) is 3. The second kappa shape index (κ2) is 8.25. The summed E-state index contributed by atoms with van der Waals surface area (Å²) in [6.45, 7) is -1.21. The average molecular weight is 397 g/mol. The molecule has 1 saturated carbocycles. The summed E-state index contributed by atoms with van der Waals surface area (Å²) in [6.07, 6.45) is 4.18. The van der Waals surface area contributed by atoms with E-state index in [1.807, 2.05) is 0 Å². The summed E-state index contributed by atoms with van der Waals surface area (Å²) < 4.78 is 12.9. The number of nitrogens with one attached hydrogen (secondary N) is 1. The Kier molecular flexibility index (Phi) is 5.99. The predicted molar refractivity (Wildman–Crippen MR) is 97.3 cm³/mol. The number of rotatable bonds is 5. The van der Waals surface area contributed by atoms with Crippen LogP contribution in [0.2, 0.25) is 5.02 Å². The molecule has 0 aromatic heterocycles. The molecule has 3 rings (SSSR count). The average Bonchev–Trinajstić information content (AvgIpc) is 3.04. The summed E-state index contributed by atoms with van der Waals surface area (Å²) in [6, 6.07) is 4.03. The molecule has 2 aliphatic rings. The standard InChI is InChI=1S/C19H22ClFN2O4/c20-13-6-3-5-12(8-13)18(25)23-15-7-2-1-4-11(15)9-16(23)17(24)22-14(10-21)19(26)27/h3,5-6,8,11,14-16H,1-2,4,7,9-10H2,(H,22,24)(H,26,27). The number of carbonyl (C=O) groups is 3. The highest BCUT2D eigenvalue weighted by molar-refractivity contribution is 6.31. The molecule has 2 fully saturated rings. The lowest BCUT2D eigenvalue weighted by molar-refractivity contribution is -0.142. The molecule has 4 atom stereocenters. The Balaban J connectivity index is 1.87. The number of carboxylic acid groups (broad SMARTS) is 1. The molecule has 1 aromatic carbocycles. The van der Waals surface area contributed by atoms with Gasteiger partial charge in [-0.15, -0.1) is 0 Å². The first kappa shape index (κ1) is 19.6. The summed E-state index contributed by atoms with van der Waals surface area (Å²) >= 11 is 6.00. The van der Waals surface area contributed by atoms with Crippen LogP contribution < -0.4 is 5.32 Å². The van der Waals surface area contributed by atoms with E-state index >= 15 is 0 Å². The second-order valence-electron chi connectivity index (χ2n) is 7.14. The molecule has 1 saturated heterocycles. The zero-order chi connectivity index (χ0) is 19.6. The fourth-order valence-corrected chi connectivity index (χ4v) is 4.38. The number of nitrogens with zero attached hydrogens (tertiary/aromatic N) is 1. The number of halogens is 2. The van der Waals surface area contributed by atoms with Crippen molar-refractivity contribution in [2.24, 2.45) is 5.92 Å². The first-order chi connectivity index (χ1) is 12.9. The molecule has 2 amide bonds. The summed E-state index contributed by atoms with van der Waals surface area (Å²) in [5, 5.41) is 11.7. The molecule has 1 heterocycles. The zero-order valence-corrected chi connectivity index (χ0v) is 15.5. The van der Waals surface area contributed by atoms with Crippen LogP contribution in [-0.4, -0.2) is 52.6 Å². The van der Waals surface area contributed by atoms with Gasteiger partial charge in [0, 0.05) is 16.6 Å². The number of aliphatic carboxylic acids is 1. The molecule has 6 nitrogen and oxygen atoms in total. The van der Waals surface area contributed by atoms with E-state index in [0.717, 1.165) is 25.7 Å². The maximum atomic E-state index is 13.2. The second-order valence-corrected chi connectivity index (χ2v) is 7.58. The Hall–Kier alpha value is -2.15. The molecule has 0 bridgehead atoms. The van der Waals surface area contributed by atoms with Gasteiger partial charge in [-0.1, -0.05) is 30.5 Å². The van der Waals surface area contributed by atoms with Crippen molar-refractivity contribution in [3.63, 3.8) is 0 Å². The monoisotopic (exact) mass is 396 g/mol. The normalized spacial score (nSPS) is 25.6. The number of benzene rings is 1. The minimum Gasteiger partial charge on any atom is -0.480 e. The summed E-state index contributed by atoms with van der Waals surface area (Å²) in [5.74, 6) is -2.18. The Morgan fingerprint density at radius 3 is 2.70 bits per heavy atom. The van der Waals surface area contributed by atoms with Crippen LogP contribution >= 0.6 is 11.6 Å². The van der Waals surface area contributed by atoms with Crippen LogP contribution in [0.1, 0.15) is 42.5 Å². The number of carboxylic acids is 1. The van der Waals surface area contributed by atoms with Gasteiger partial charge in [0.2, 0.25) is 5.91 Å². The molecular formula is C19H22ClFN2O4. The number of alkyl halides is 1. The first-order valence-electron chi connectivity index (χ1n) is 9.09. The topological polar surface area (TPSA) is 86.7 Å². The number of carbonyl (C=O) groups excluding carboxylic acids is 2. The van der Waals surface area contributed by atoms with Gasteiger partial charge in [0.1, 0.15) is 12.7 Å². The van der Waals surface area contributed by atoms with E-state index in [1.54, 1.807) is 29.2 Å². The van der Waals surface area contributed by atoms with Gasteiger partial charge in [-0.2, -0.15) is 0 Å². The first-order valence-corrected chi connectivity index (χ1v) is 9.47. The number of hydrogen-bond donors (Lipinski definition) is 2. The zero-order valence-electron chi connectivity index (χ0n) is 14.7. The van der Waals surface area contributed by atoms with Crippen molar-refractivity contribution in [2.75, 3.05) is 6.67 Å². The van der Waals surface area contributed by atoms with E-state index in [9.17, 15) is 18.8 Å². The van der Waals surface area contributed by atoms with Gasteiger partial charge in [0.25, 0.3) is 5.91 Å². The number of likely N-dealkylation sites (tertiary alicyclic amines) is 1. The van der Waals surface area contributed by atoms with Crippen LogP contribution in [0.5, 0.6) is 0 Å². The van der Waals surface area contributed by atoms with Crippen molar-refractivity contribution in [2.45, 2.75) is 50.2 Å². The van der Waals surface area contributed by atoms with Gasteiger partial charge in [0.15, 0.2) is 6.04 Å². The maximum Gasteiger partial charge on any atom is 0.328 e. The fraction of sp³-hybridized carbons (Fsp3) is 0.526. The van der Waals surface area contributed by atoms with Gasteiger partial charge in [-0.25, -0.2) is 9.18 Å². The van der Waals surface area contributed by atoms with Crippen LogP contribution in [0.25, 0.3) is 0 Å². The van der Waals surface area contributed by atoms with Crippen LogP contribution in [0, 0.1) is 5.92 Å². The Morgan fingerprint density at radius 1 is 1.30 bits per heavy atom. The molecule has 27 heavy (non-hydrogen) atoms. The van der Waals surface area contributed by atoms with Crippen molar-refractivity contribution in [3.8, 4) is 0 Å². The van der Waals surface area contributed by atoms with E-state index < -0.39 is 30.6 Å². The van der Waals surface area contributed by atoms with E-state index in [4.69, 9.17) is 16.7 Å². The van der Waals surface area contributed by atoms with Crippen LogP contribution in [0.3, 0.4) is 0 Å². The van der Waals surface area contributed by atoms with Gasteiger partial charge in [-0.05, 0) is 43.4 Å². The van der Waals surface area contributed by atoms with Gasteiger partial charge >= 0.3 is 5.97 Å². The van der Waals surface area contributed by atoms with Crippen LogP contribution in [0.4, 0.5) is 4.39 Å². The van der Waals surface area contributed by atoms with Gasteiger partial charge in [-0.3, -0.25) is 9.59 Å². The predicted octanol–water partition coefficient (Wildman–Crippen LogP) is 2.65. The van der Waals surface area contributed by atoms with E-state index in [2.05, 4.69) is 5.32 Å². The molecule has 1 aliphatic heterocycles. The fourth-order valence-electron chi connectivity index (χ4n) is 4.19. The largest absolute Gasteiger partial charge is 0.480 e. The van der Waals surface area contributed by atoms with Crippen molar-refractivity contribution in [1.82, 2.24) is 10.2 Å². The molecule has 4 unspecified atom stereocenters. The van der Waals surface area contributed by atoms with Gasteiger partial charge in [0.05, 0.1) is 0 Å². The molecule has 1 aromatic rings. The van der Waals surface area contributed by atoms with Crippen LogP contribution in [-0.2, 0) is 9.59 Å². The SMILES string of the molecule is O=C(O)C(CF)NC(=O)C1CC2CCCCC2N1C(=O)c1cccc(Cl)c1. The molecule has 2 N–H and O–H groups in total. The van der Waals surface area contributed by atoms with Gasteiger partial charge < -0.3 is 15.3 Å². The molecule has 8 heteroatoms. The third-order valence-corrected chi connectivity index (χ3v) is 5.70. The molecule has 0 spiro atoms. The molecular weight excluding hydrogens is 375 g/mol. The summed E-state index contributed by atoms with van der Waals surface area (Å²) in [5.41, 5.74) is 0.381. The Morgan fingerprint density at radius 2 is 2.04 bits per heavy atom. The highest BCUT2D eigenvalue weighted by Gasteiger charge is 2.48. The van der Waals surface area contributed by atoms with Crippen molar-refractivity contribution < 1.29 is 23.9 Å². The smallest absolute Gasteiger partial charge is 0.328 e. The highest BCUT2D eigenvalue weighted by Crippen LogP contribution is 2.40. The quantitative estimate of drug-likeness (QED) is 0.801. The van der Waals surface area contributed by atoms with E-state index in [1.165, 1.54) is 0 Å². The minimum absolute atomic E-state index is 0.0744. The Labute approximate surface area is 161 Å². The van der Waals surface area contributed by atoms with Crippen molar-refractivity contribution in [1.29, 1.82) is 0 Å². The lowest BCUT2D eigenvalue weighted by atomic mass is 9.84. The lowest BCUT2D eigenvalue weighted by Crippen LogP contribution is -2.53. The highest BCUT2D eigenvalue weighted by atomic mass is 35.5. The lowest BCUT2D eigenvalue weighted by Gasteiger charge is -2.34. The molecule has 1 aliphatic carbocycles. The molecule has 0 radical (unpaired) electrons. The maximum absolute atomic E-state index is 13.2. The number of fused-ring (bicyclic) bond motifs is 1. The van der Waals surface area contributed by atoms with Crippen LogP contribution in [0.15, 0.2) is 24.3 Å². The summed E-state index contributed by atoms with van der Waals surface area (Å²) in [7, 11) is 0. The van der Waals surface area contributed by atoms with E-state index in [-0.39, 0.29) is 17.9 Å². The summed E-state index contributed by atoms with van der Waals surface area (Å²) in [4.78, 5) is 38.5. The number of amides is 2. The minimum atomic E-state index is -1.61. The third-order valence-electron chi connectivity index (χ3n) is 5.47. The third kappa shape index (κ3) is 4.08. The van der Waals surface area contributed by atoms with Crippen molar-refractivity contribution >= 4 is 29.4 Å². The van der Waals surface area contributed by atoms with Crippen molar-refractivity contribution in [3.05, 3.63) is 34.9 Å².